The second-order valence-corrected chi connectivity index (χ2v) is 5.56. The van der Waals surface area contributed by atoms with Crippen molar-refractivity contribution in [2.24, 2.45) is 0 Å². The van der Waals surface area contributed by atoms with Crippen LogP contribution in [0.25, 0.3) is 0 Å². The van der Waals surface area contributed by atoms with Crippen LogP contribution >= 0.6 is 11.8 Å². The largest absolute Gasteiger partial charge is 0.476 e. The van der Waals surface area contributed by atoms with E-state index in [9.17, 15) is 9.90 Å². The van der Waals surface area contributed by atoms with E-state index in [2.05, 4.69) is 19.9 Å². The first-order valence-corrected chi connectivity index (χ1v) is 6.85. The molecule has 6 nitrogen and oxygen atoms in total. The van der Waals surface area contributed by atoms with Crippen LogP contribution in [-0.2, 0) is 0 Å². The van der Waals surface area contributed by atoms with Crippen molar-refractivity contribution in [1.29, 1.82) is 0 Å². The van der Waals surface area contributed by atoms with Gasteiger partial charge in [0.2, 0.25) is 0 Å². The zero-order valence-electron chi connectivity index (χ0n) is 11.4. The summed E-state index contributed by atoms with van der Waals surface area (Å²) in [7, 11) is 0. The van der Waals surface area contributed by atoms with Gasteiger partial charge in [0, 0.05) is 24.5 Å². The highest BCUT2D eigenvalue weighted by molar-refractivity contribution is 7.99. The van der Waals surface area contributed by atoms with Crippen LogP contribution in [0.5, 0.6) is 0 Å². The molecule has 20 heavy (non-hydrogen) atoms. The van der Waals surface area contributed by atoms with Crippen LogP contribution in [0.1, 0.15) is 41.6 Å². The maximum Gasteiger partial charge on any atom is 0.355 e. The van der Waals surface area contributed by atoms with Gasteiger partial charge in [-0.3, -0.25) is 0 Å². The predicted octanol–water partition coefficient (Wildman–Crippen LogP) is 2.55. The van der Waals surface area contributed by atoms with E-state index in [-0.39, 0.29) is 11.6 Å². The maximum atomic E-state index is 11.3. The fourth-order valence-electron chi connectivity index (χ4n) is 1.42. The van der Waals surface area contributed by atoms with Gasteiger partial charge in [0.05, 0.1) is 4.90 Å². The lowest BCUT2D eigenvalue weighted by molar-refractivity contribution is 0.0685. The average Bonchev–Trinajstić information content (AvgIpc) is 2.41. The van der Waals surface area contributed by atoms with Crippen molar-refractivity contribution < 1.29 is 9.90 Å². The lowest BCUT2D eigenvalue weighted by Crippen LogP contribution is -2.08. The number of hydrogen-bond donors (Lipinski definition) is 1. The van der Waals surface area contributed by atoms with Crippen LogP contribution in [0, 0.1) is 6.92 Å². The molecular formula is C13H14N4O2S. The molecule has 0 aromatic carbocycles. The molecule has 7 heteroatoms. The molecule has 0 saturated carbocycles. The Labute approximate surface area is 120 Å². The van der Waals surface area contributed by atoms with E-state index in [1.54, 1.807) is 12.4 Å². The first-order chi connectivity index (χ1) is 9.47. The van der Waals surface area contributed by atoms with Gasteiger partial charge in [0.15, 0.2) is 10.9 Å². The quantitative estimate of drug-likeness (QED) is 0.865. The van der Waals surface area contributed by atoms with Gasteiger partial charge < -0.3 is 5.11 Å². The fourth-order valence-corrected chi connectivity index (χ4v) is 2.16. The van der Waals surface area contributed by atoms with Gasteiger partial charge in [-0.25, -0.2) is 24.7 Å². The zero-order chi connectivity index (χ0) is 14.7. The highest BCUT2D eigenvalue weighted by Gasteiger charge is 2.17. The number of carboxylic acids is 1. The first-order valence-electron chi connectivity index (χ1n) is 6.04. The topological polar surface area (TPSA) is 88.9 Å². The summed E-state index contributed by atoms with van der Waals surface area (Å²) in [6.07, 6.45) is 4.87. The molecule has 2 rings (SSSR count). The van der Waals surface area contributed by atoms with Crippen LogP contribution in [-0.4, -0.2) is 31.0 Å². The van der Waals surface area contributed by atoms with Crippen molar-refractivity contribution in [3.8, 4) is 0 Å². The van der Waals surface area contributed by atoms with Gasteiger partial charge in [0.1, 0.15) is 5.82 Å². The van der Waals surface area contributed by atoms with E-state index in [0.717, 1.165) is 17.3 Å². The third kappa shape index (κ3) is 3.30. The average molecular weight is 290 g/mol. The first kappa shape index (κ1) is 14.4. The highest BCUT2D eigenvalue weighted by atomic mass is 32.2. The molecule has 0 spiro atoms. The maximum absolute atomic E-state index is 11.3. The number of nitrogens with zero attached hydrogens (tertiary/aromatic N) is 4. The minimum atomic E-state index is -1.08. The van der Waals surface area contributed by atoms with E-state index in [1.807, 2.05) is 20.8 Å². The van der Waals surface area contributed by atoms with E-state index in [1.165, 1.54) is 6.20 Å². The fraction of sp³-hybridized carbons (Fsp3) is 0.308. The summed E-state index contributed by atoms with van der Waals surface area (Å²) in [5.74, 6) is -0.497. The summed E-state index contributed by atoms with van der Waals surface area (Å²) in [6.45, 7) is 5.71. The number of aryl methyl sites for hydroxylation is 1. The summed E-state index contributed by atoms with van der Waals surface area (Å²) < 4.78 is 0. The van der Waals surface area contributed by atoms with E-state index >= 15 is 0 Å². The number of hydrogen-bond acceptors (Lipinski definition) is 6. The molecule has 0 aliphatic carbocycles. The summed E-state index contributed by atoms with van der Waals surface area (Å²) in [5.41, 5.74) is 0.928. The molecule has 0 aliphatic rings. The SMILES string of the molecule is Cc1cnc(Sc2cnc(C(C)C)nc2C(=O)O)nc1. The third-order valence-electron chi connectivity index (χ3n) is 2.45. The second-order valence-electron chi connectivity index (χ2n) is 4.55. The molecule has 0 atom stereocenters. The molecule has 2 aromatic heterocycles. The van der Waals surface area contributed by atoms with Crippen LogP contribution in [0.4, 0.5) is 0 Å². The van der Waals surface area contributed by atoms with Crippen LogP contribution < -0.4 is 0 Å². The summed E-state index contributed by atoms with van der Waals surface area (Å²) in [5, 5.41) is 9.72. The van der Waals surface area contributed by atoms with Crippen molar-refractivity contribution >= 4 is 17.7 Å². The number of aromatic nitrogens is 4. The second kappa shape index (κ2) is 5.96. The van der Waals surface area contributed by atoms with Crippen molar-refractivity contribution in [3.63, 3.8) is 0 Å². The molecule has 1 N–H and O–H groups in total. The van der Waals surface area contributed by atoms with Crippen molar-refractivity contribution in [2.75, 3.05) is 0 Å². The number of aromatic carboxylic acids is 1. The highest BCUT2D eigenvalue weighted by Crippen LogP contribution is 2.27. The summed E-state index contributed by atoms with van der Waals surface area (Å²) >= 11 is 1.14. The Hall–Kier alpha value is -2.02. The minimum absolute atomic E-state index is 0.0159. The van der Waals surface area contributed by atoms with Gasteiger partial charge in [-0.2, -0.15) is 0 Å². The third-order valence-corrected chi connectivity index (χ3v) is 3.36. The summed E-state index contributed by atoms with van der Waals surface area (Å²) in [4.78, 5) is 28.3. The molecule has 0 unspecified atom stereocenters. The Morgan fingerprint density at radius 2 is 1.85 bits per heavy atom. The molecule has 0 bridgehead atoms. The Morgan fingerprint density at radius 1 is 1.20 bits per heavy atom. The Bertz CT molecular complexity index is 629. The van der Waals surface area contributed by atoms with E-state index < -0.39 is 5.97 Å². The van der Waals surface area contributed by atoms with Crippen molar-refractivity contribution in [3.05, 3.63) is 35.7 Å². The molecule has 0 saturated heterocycles. The molecule has 0 radical (unpaired) electrons. The van der Waals surface area contributed by atoms with Gasteiger partial charge >= 0.3 is 5.97 Å². The molecule has 0 amide bonds. The zero-order valence-corrected chi connectivity index (χ0v) is 12.2. The van der Waals surface area contributed by atoms with Crippen LogP contribution in [0.2, 0.25) is 0 Å². The Morgan fingerprint density at radius 3 is 2.40 bits per heavy atom. The minimum Gasteiger partial charge on any atom is -0.476 e. The van der Waals surface area contributed by atoms with Crippen LogP contribution in [0.15, 0.2) is 28.6 Å². The van der Waals surface area contributed by atoms with Crippen molar-refractivity contribution in [2.45, 2.75) is 36.7 Å². The molecular weight excluding hydrogens is 276 g/mol. The van der Waals surface area contributed by atoms with Crippen molar-refractivity contribution in [1.82, 2.24) is 19.9 Å². The molecule has 0 fully saturated rings. The van der Waals surface area contributed by atoms with Gasteiger partial charge in [0.25, 0.3) is 0 Å². The van der Waals surface area contributed by atoms with Gasteiger partial charge in [-0.15, -0.1) is 0 Å². The molecule has 2 aromatic rings. The van der Waals surface area contributed by atoms with E-state index in [4.69, 9.17) is 0 Å². The Balaban J connectivity index is 2.35. The van der Waals surface area contributed by atoms with Crippen LogP contribution in [0.3, 0.4) is 0 Å². The van der Waals surface area contributed by atoms with Gasteiger partial charge in [-0.05, 0) is 24.2 Å². The molecule has 2 heterocycles. The predicted molar refractivity (Wildman–Crippen MR) is 74.0 cm³/mol. The number of carbonyl (C=O) groups is 1. The normalized spacial score (nSPS) is 10.8. The molecule has 104 valence electrons. The smallest absolute Gasteiger partial charge is 0.355 e. The Kier molecular flexibility index (Phi) is 4.29. The van der Waals surface area contributed by atoms with E-state index in [0.29, 0.717) is 15.9 Å². The number of rotatable bonds is 4. The lowest BCUT2D eigenvalue weighted by atomic mass is 10.2. The molecule has 0 aliphatic heterocycles. The number of carboxylic acid groups (broad SMARTS) is 1. The lowest BCUT2D eigenvalue weighted by Gasteiger charge is -2.08. The van der Waals surface area contributed by atoms with Gasteiger partial charge in [-0.1, -0.05) is 13.8 Å². The summed E-state index contributed by atoms with van der Waals surface area (Å²) in [6, 6.07) is 0. The standard InChI is InChI=1S/C13H14N4O2S/c1-7(2)11-14-6-9(10(17-11)12(18)19)20-13-15-4-8(3)5-16-13/h4-7H,1-3H3,(H,18,19). The monoisotopic (exact) mass is 290 g/mol.